The van der Waals surface area contributed by atoms with Crippen molar-refractivity contribution in [2.45, 2.75) is 83.5 Å². The van der Waals surface area contributed by atoms with Crippen molar-refractivity contribution in [3.63, 3.8) is 0 Å². The Morgan fingerprint density at radius 2 is 1.95 bits per heavy atom. The number of amides is 2. The van der Waals surface area contributed by atoms with Gasteiger partial charge in [-0.2, -0.15) is 0 Å². The minimum Gasteiger partial charge on any atom is -0.375 e. The van der Waals surface area contributed by atoms with Crippen molar-refractivity contribution in [1.82, 2.24) is 10.2 Å². The van der Waals surface area contributed by atoms with E-state index in [2.05, 4.69) is 24.1 Å². The molecule has 1 saturated carbocycles. The fourth-order valence-corrected chi connectivity index (χ4v) is 4.70. The first-order valence-electron chi connectivity index (χ1n) is 9.33. The van der Waals surface area contributed by atoms with Gasteiger partial charge in [-0.05, 0) is 45.4 Å². The van der Waals surface area contributed by atoms with Gasteiger partial charge in [-0.25, -0.2) is 4.79 Å². The van der Waals surface area contributed by atoms with E-state index in [-0.39, 0.29) is 12.1 Å². The number of nitrogens with zero attached hydrogens (tertiary/aromatic N) is 1. The summed E-state index contributed by atoms with van der Waals surface area (Å²) in [7, 11) is 0. The third-order valence-corrected chi connectivity index (χ3v) is 5.98. The predicted molar refractivity (Wildman–Crippen MR) is 87.8 cm³/mol. The van der Waals surface area contributed by atoms with Crippen molar-refractivity contribution in [3.05, 3.63) is 0 Å². The van der Waals surface area contributed by atoms with Crippen molar-refractivity contribution < 1.29 is 9.53 Å². The van der Waals surface area contributed by atoms with E-state index in [1.165, 1.54) is 44.9 Å². The topological polar surface area (TPSA) is 41.6 Å². The van der Waals surface area contributed by atoms with E-state index in [0.29, 0.717) is 18.1 Å². The quantitative estimate of drug-likeness (QED) is 0.863. The second-order valence-corrected chi connectivity index (χ2v) is 7.71. The van der Waals surface area contributed by atoms with Crippen molar-refractivity contribution in [2.24, 2.45) is 11.8 Å². The molecule has 3 fully saturated rings. The van der Waals surface area contributed by atoms with E-state index in [1.54, 1.807) is 0 Å². The first-order valence-corrected chi connectivity index (χ1v) is 9.33. The smallest absolute Gasteiger partial charge is 0.317 e. The molecule has 2 amide bonds. The number of likely N-dealkylation sites (tertiary alicyclic amines) is 1. The summed E-state index contributed by atoms with van der Waals surface area (Å²) in [5.74, 6) is 1.33. The van der Waals surface area contributed by atoms with Crippen LogP contribution in [0.4, 0.5) is 4.79 Å². The highest BCUT2D eigenvalue weighted by atomic mass is 16.5. The number of hydrogen-bond donors (Lipinski definition) is 1. The van der Waals surface area contributed by atoms with E-state index < -0.39 is 0 Å². The molecule has 4 heteroatoms. The molecule has 2 saturated heterocycles. The molecule has 0 aromatic rings. The zero-order valence-corrected chi connectivity index (χ0v) is 14.2. The van der Waals surface area contributed by atoms with E-state index in [0.717, 1.165) is 25.4 Å². The summed E-state index contributed by atoms with van der Waals surface area (Å²) in [6, 6.07) is 0.645. The molecule has 0 radical (unpaired) electrons. The van der Waals surface area contributed by atoms with Gasteiger partial charge >= 0.3 is 6.03 Å². The van der Waals surface area contributed by atoms with Gasteiger partial charge in [0.2, 0.25) is 0 Å². The van der Waals surface area contributed by atoms with Crippen LogP contribution in [-0.2, 0) is 4.74 Å². The lowest BCUT2D eigenvalue weighted by Crippen LogP contribution is -2.45. The minimum absolute atomic E-state index is 0.159. The Labute approximate surface area is 135 Å². The average molecular weight is 308 g/mol. The zero-order chi connectivity index (χ0) is 15.5. The van der Waals surface area contributed by atoms with Crippen LogP contribution in [0.1, 0.15) is 65.2 Å². The Morgan fingerprint density at radius 1 is 1.18 bits per heavy atom. The third kappa shape index (κ3) is 3.76. The highest BCUT2D eigenvalue weighted by Gasteiger charge is 2.33. The Bertz CT molecular complexity index is 381. The molecule has 3 rings (SSSR count). The molecule has 0 aromatic carbocycles. The summed E-state index contributed by atoms with van der Waals surface area (Å²) in [5, 5.41) is 3.18. The van der Waals surface area contributed by atoms with Gasteiger partial charge in [0.15, 0.2) is 0 Å². The van der Waals surface area contributed by atoms with Gasteiger partial charge in [0.05, 0.1) is 12.2 Å². The first kappa shape index (κ1) is 16.1. The lowest BCUT2D eigenvalue weighted by Gasteiger charge is -2.28. The number of hydrogen-bond acceptors (Lipinski definition) is 2. The maximum atomic E-state index is 12.5. The molecule has 1 N–H and O–H groups in total. The number of urea groups is 1. The van der Waals surface area contributed by atoms with Crippen LogP contribution >= 0.6 is 0 Å². The molecule has 1 aliphatic carbocycles. The van der Waals surface area contributed by atoms with E-state index in [1.807, 2.05) is 0 Å². The number of nitrogens with one attached hydrogen (secondary N) is 1. The molecule has 0 aromatic heterocycles. The standard InChI is InChI=1S/C18H32N2O2/c1-13-10-16(14(2)22-13)12-19-18(21)20-9-5-8-17(20)11-15-6-3-4-7-15/h13-17H,3-12H2,1-2H3,(H,19,21). The highest BCUT2D eigenvalue weighted by molar-refractivity contribution is 5.74. The summed E-state index contributed by atoms with van der Waals surface area (Å²) >= 11 is 0. The van der Waals surface area contributed by atoms with E-state index >= 15 is 0 Å². The van der Waals surface area contributed by atoms with Crippen molar-refractivity contribution in [3.8, 4) is 0 Å². The number of rotatable bonds is 4. The molecule has 2 heterocycles. The van der Waals surface area contributed by atoms with Crippen molar-refractivity contribution >= 4 is 6.03 Å². The predicted octanol–water partition coefficient (Wildman–Crippen LogP) is 3.55. The molecule has 4 atom stereocenters. The molecule has 22 heavy (non-hydrogen) atoms. The maximum absolute atomic E-state index is 12.5. The lowest BCUT2D eigenvalue weighted by atomic mass is 9.97. The van der Waals surface area contributed by atoms with Gasteiger partial charge in [-0.3, -0.25) is 0 Å². The van der Waals surface area contributed by atoms with Crippen LogP contribution in [0.5, 0.6) is 0 Å². The van der Waals surface area contributed by atoms with Gasteiger partial charge in [0, 0.05) is 25.0 Å². The van der Waals surface area contributed by atoms with Gasteiger partial charge in [-0.15, -0.1) is 0 Å². The van der Waals surface area contributed by atoms with Crippen LogP contribution in [-0.4, -0.2) is 42.3 Å². The Kier molecular flexibility index (Phi) is 5.27. The Morgan fingerprint density at radius 3 is 2.64 bits per heavy atom. The highest BCUT2D eigenvalue weighted by Crippen LogP contribution is 2.33. The van der Waals surface area contributed by atoms with E-state index in [4.69, 9.17) is 4.74 Å². The van der Waals surface area contributed by atoms with Gasteiger partial charge in [-0.1, -0.05) is 25.7 Å². The maximum Gasteiger partial charge on any atom is 0.317 e. The summed E-state index contributed by atoms with van der Waals surface area (Å²) in [6.45, 7) is 5.95. The van der Waals surface area contributed by atoms with Gasteiger partial charge in [0.25, 0.3) is 0 Å². The average Bonchev–Trinajstić information content (AvgIpc) is 3.19. The lowest BCUT2D eigenvalue weighted by molar-refractivity contribution is 0.0561. The van der Waals surface area contributed by atoms with Crippen LogP contribution in [0.2, 0.25) is 0 Å². The SMILES string of the molecule is CC1CC(CNC(=O)N2CCCC2CC2CCCC2)C(C)O1. The monoisotopic (exact) mass is 308 g/mol. The second kappa shape index (κ2) is 7.20. The Balaban J connectivity index is 1.46. The molecule has 4 nitrogen and oxygen atoms in total. The summed E-state index contributed by atoms with van der Waals surface area (Å²) in [4.78, 5) is 14.7. The number of ether oxygens (including phenoxy) is 1. The third-order valence-electron chi connectivity index (χ3n) is 5.98. The van der Waals surface area contributed by atoms with E-state index in [9.17, 15) is 4.79 Å². The molecule has 126 valence electrons. The van der Waals surface area contributed by atoms with Gasteiger partial charge < -0.3 is 15.0 Å². The molecule has 2 aliphatic heterocycles. The normalized spacial score (nSPS) is 36.2. The summed E-state index contributed by atoms with van der Waals surface area (Å²) in [6.07, 6.45) is 10.8. The number of carbonyl (C=O) groups excluding carboxylic acids is 1. The summed E-state index contributed by atoms with van der Waals surface area (Å²) in [5.41, 5.74) is 0. The van der Waals surface area contributed by atoms with Crippen LogP contribution in [0, 0.1) is 11.8 Å². The summed E-state index contributed by atoms with van der Waals surface area (Å²) < 4.78 is 5.78. The fourth-order valence-electron chi connectivity index (χ4n) is 4.70. The van der Waals surface area contributed by atoms with Crippen LogP contribution in [0.25, 0.3) is 0 Å². The largest absolute Gasteiger partial charge is 0.375 e. The van der Waals surface area contributed by atoms with Crippen molar-refractivity contribution in [1.29, 1.82) is 0 Å². The van der Waals surface area contributed by atoms with Crippen LogP contribution in [0.15, 0.2) is 0 Å². The van der Waals surface area contributed by atoms with Crippen molar-refractivity contribution in [2.75, 3.05) is 13.1 Å². The Hall–Kier alpha value is -0.770. The molecular weight excluding hydrogens is 276 g/mol. The van der Waals surface area contributed by atoms with Crippen LogP contribution in [0.3, 0.4) is 0 Å². The van der Waals surface area contributed by atoms with Gasteiger partial charge in [0.1, 0.15) is 0 Å². The van der Waals surface area contributed by atoms with Crippen LogP contribution < -0.4 is 5.32 Å². The molecule has 0 bridgehead atoms. The number of carbonyl (C=O) groups is 1. The zero-order valence-electron chi connectivity index (χ0n) is 14.2. The first-order chi connectivity index (χ1) is 10.6. The molecule has 0 spiro atoms. The molecular formula is C18H32N2O2. The minimum atomic E-state index is 0.159. The molecule has 4 unspecified atom stereocenters. The second-order valence-electron chi connectivity index (χ2n) is 7.71. The fraction of sp³-hybridized carbons (Fsp3) is 0.944. The molecule has 3 aliphatic rings.